The molecule has 1 atom stereocenters. The lowest BCUT2D eigenvalue weighted by atomic mass is 10.1. The first-order valence-electron chi connectivity index (χ1n) is 8.65. The first-order chi connectivity index (χ1) is 12.3. The minimum atomic E-state index is -0.0983. The van der Waals surface area contributed by atoms with Gasteiger partial charge < -0.3 is 14.8 Å². The fourth-order valence-corrected chi connectivity index (χ4v) is 3.86. The molecule has 3 rings (SSSR count). The Morgan fingerprint density at radius 3 is 2.80 bits per heavy atom. The monoisotopic (exact) mass is 360 g/mol. The third-order valence-corrected chi connectivity index (χ3v) is 5.22. The van der Waals surface area contributed by atoms with Crippen molar-refractivity contribution in [3.63, 3.8) is 0 Å². The normalized spacial score (nSPS) is 16.4. The van der Waals surface area contributed by atoms with Gasteiger partial charge >= 0.3 is 0 Å². The quantitative estimate of drug-likeness (QED) is 0.825. The number of morpholine rings is 1. The van der Waals surface area contributed by atoms with Gasteiger partial charge in [-0.3, -0.25) is 9.69 Å². The third kappa shape index (κ3) is 4.60. The van der Waals surface area contributed by atoms with Crippen molar-refractivity contribution in [2.24, 2.45) is 0 Å². The Hall–Kier alpha value is -1.89. The number of ether oxygens (including phenoxy) is 2. The maximum atomic E-state index is 12.7. The summed E-state index contributed by atoms with van der Waals surface area (Å²) >= 11 is 1.72. The summed E-state index contributed by atoms with van der Waals surface area (Å²) in [6, 6.07) is 11.7. The van der Waals surface area contributed by atoms with E-state index in [0.717, 1.165) is 26.3 Å². The summed E-state index contributed by atoms with van der Waals surface area (Å²) < 4.78 is 11.0. The number of nitrogens with zero attached hydrogens (tertiary/aromatic N) is 1. The Labute approximate surface area is 152 Å². The Bertz CT molecular complexity index is 669. The highest BCUT2D eigenvalue weighted by Crippen LogP contribution is 2.26. The fraction of sp³-hybridized carbons (Fsp3) is 0.421. The summed E-state index contributed by atoms with van der Waals surface area (Å²) in [6.45, 7) is 6.27. The molecule has 2 heterocycles. The molecule has 1 amide bonds. The van der Waals surface area contributed by atoms with Crippen molar-refractivity contribution in [2.75, 3.05) is 39.5 Å². The molecule has 1 aliphatic heterocycles. The van der Waals surface area contributed by atoms with Crippen molar-refractivity contribution >= 4 is 17.2 Å². The molecule has 1 aromatic heterocycles. The number of nitrogens with one attached hydrogen (secondary N) is 1. The van der Waals surface area contributed by atoms with Crippen LogP contribution in [0, 0.1) is 0 Å². The van der Waals surface area contributed by atoms with Gasteiger partial charge in [0.25, 0.3) is 5.91 Å². The lowest BCUT2D eigenvalue weighted by Gasteiger charge is -2.34. The number of hydrogen-bond acceptors (Lipinski definition) is 5. The average molecular weight is 360 g/mol. The highest BCUT2D eigenvalue weighted by atomic mass is 32.1. The second-order valence-corrected chi connectivity index (χ2v) is 6.80. The number of carbonyl (C=O) groups excluding carboxylic acids is 1. The van der Waals surface area contributed by atoms with Gasteiger partial charge in [-0.05, 0) is 30.5 Å². The van der Waals surface area contributed by atoms with Gasteiger partial charge in [0.15, 0.2) is 0 Å². The van der Waals surface area contributed by atoms with Gasteiger partial charge in [-0.15, -0.1) is 11.3 Å². The predicted molar refractivity (Wildman–Crippen MR) is 99.4 cm³/mol. The second kappa shape index (κ2) is 8.99. The molecule has 0 radical (unpaired) electrons. The van der Waals surface area contributed by atoms with Crippen molar-refractivity contribution in [1.29, 1.82) is 0 Å². The molecule has 1 N–H and O–H groups in total. The van der Waals surface area contributed by atoms with Crippen molar-refractivity contribution in [3.8, 4) is 5.75 Å². The van der Waals surface area contributed by atoms with E-state index in [1.165, 1.54) is 4.88 Å². The molecule has 25 heavy (non-hydrogen) atoms. The molecule has 0 aliphatic carbocycles. The molecular formula is C19H24N2O3S. The van der Waals surface area contributed by atoms with Gasteiger partial charge in [0.1, 0.15) is 5.75 Å². The Balaban J connectivity index is 1.69. The van der Waals surface area contributed by atoms with E-state index in [2.05, 4.69) is 27.7 Å². The van der Waals surface area contributed by atoms with E-state index in [4.69, 9.17) is 9.47 Å². The maximum absolute atomic E-state index is 12.7. The summed E-state index contributed by atoms with van der Waals surface area (Å²) in [5.74, 6) is 0.528. The van der Waals surface area contributed by atoms with Crippen LogP contribution in [0.3, 0.4) is 0 Å². The minimum Gasteiger partial charge on any atom is -0.493 e. The molecule has 0 spiro atoms. The first-order valence-corrected chi connectivity index (χ1v) is 9.52. The summed E-state index contributed by atoms with van der Waals surface area (Å²) in [5, 5.41) is 5.17. The zero-order valence-electron chi connectivity index (χ0n) is 14.4. The molecule has 1 unspecified atom stereocenters. The van der Waals surface area contributed by atoms with Gasteiger partial charge in [-0.1, -0.05) is 18.2 Å². The van der Waals surface area contributed by atoms with E-state index in [0.29, 0.717) is 24.5 Å². The van der Waals surface area contributed by atoms with E-state index in [1.54, 1.807) is 17.4 Å². The highest BCUT2D eigenvalue weighted by molar-refractivity contribution is 7.10. The first kappa shape index (κ1) is 17.9. The van der Waals surface area contributed by atoms with Crippen LogP contribution >= 0.6 is 11.3 Å². The van der Waals surface area contributed by atoms with Crippen LogP contribution in [-0.4, -0.2) is 50.3 Å². The molecule has 2 aromatic rings. The Kier molecular flexibility index (Phi) is 6.44. The molecule has 134 valence electrons. The van der Waals surface area contributed by atoms with E-state index in [1.807, 2.05) is 25.1 Å². The van der Waals surface area contributed by atoms with Crippen LogP contribution in [0.1, 0.15) is 28.2 Å². The van der Waals surface area contributed by atoms with Crippen LogP contribution in [0.25, 0.3) is 0 Å². The van der Waals surface area contributed by atoms with E-state index >= 15 is 0 Å². The number of para-hydroxylation sites is 1. The number of benzene rings is 1. The van der Waals surface area contributed by atoms with Crippen LogP contribution in [0.4, 0.5) is 0 Å². The smallest absolute Gasteiger partial charge is 0.255 e. The van der Waals surface area contributed by atoms with E-state index in [9.17, 15) is 4.79 Å². The fourth-order valence-electron chi connectivity index (χ4n) is 3.00. The van der Waals surface area contributed by atoms with Crippen molar-refractivity contribution in [3.05, 3.63) is 52.2 Å². The standard InChI is InChI=1S/C19H24N2O3S/c1-2-24-17-7-4-3-6-15(17)19(22)20-14-16(18-8-5-13-25-18)21-9-11-23-12-10-21/h3-8,13,16H,2,9-12,14H2,1H3,(H,20,22). The summed E-state index contributed by atoms with van der Waals surface area (Å²) in [4.78, 5) is 16.3. The summed E-state index contributed by atoms with van der Waals surface area (Å²) in [5.41, 5.74) is 0.580. The van der Waals surface area contributed by atoms with Crippen LogP contribution < -0.4 is 10.1 Å². The van der Waals surface area contributed by atoms with Gasteiger partial charge in [-0.25, -0.2) is 0 Å². The molecule has 0 bridgehead atoms. The van der Waals surface area contributed by atoms with Crippen LogP contribution in [0.5, 0.6) is 5.75 Å². The van der Waals surface area contributed by atoms with E-state index in [-0.39, 0.29) is 11.9 Å². The van der Waals surface area contributed by atoms with Gasteiger partial charge in [0.2, 0.25) is 0 Å². The molecule has 5 nitrogen and oxygen atoms in total. The Morgan fingerprint density at radius 1 is 1.28 bits per heavy atom. The molecule has 1 aromatic carbocycles. The van der Waals surface area contributed by atoms with Gasteiger partial charge in [0.05, 0.1) is 31.4 Å². The lowest BCUT2D eigenvalue weighted by molar-refractivity contribution is 0.0169. The largest absolute Gasteiger partial charge is 0.493 e. The van der Waals surface area contributed by atoms with E-state index < -0.39 is 0 Å². The van der Waals surface area contributed by atoms with Gasteiger partial charge in [-0.2, -0.15) is 0 Å². The zero-order valence-corrected chi connectivity index (χ0v) is 15.3. The van der Waals surface area contributed by atoms with Crippen LogP contribution in [0.15, 0.2) is 41.8 Å². The third-order valence-electron chi connectivity index (χ3n) is 4.25. The number of thiophene rings is 1. The second-order valence-electron chi connectivity index (χ2n) is 5.82. The summed E-state index contributed by atoms with van der Waals surface area (Å²) in [6.07, 6.45) is 0. The Morgan fingerprint density at radius 2 is 2.08 bits per heavy atom. The SMILES string of the molecule is CCOc1ccccc1C(=O)NCC(c1cccs1)N1CCOCC1. The van der Waals surface area contributed by atoms with Crippen LogP contribution in [-0.2, 0) is 4.74 Å². The van der Waals surface area contributed by atoms with Crippen LogP contribution in [0.2, 0.25) is 0 Å². The number of carbonyl (C=O) groups is 1. The summed E-state index contributed by atoms with van der Waals surface area (Å²) in [7, 11) is 0. The molecule has 1 fully saturated rings. The zero-order chi connectivity index (χ0) is 17.5. The van der Waals surface area contributed by atoms with Gasteiger partial charge in [0, 0.05) is 24.5 Å². The molecule has 1 aliphatic rings. The molecular weight excluding hydrogens is 336 g/mol. The van der Waals surface area contributed by atoms with Crippen molar-refractivity contribution < 1.29 is 14.3 Å². The number of amides is 1. The predicted octanol–water partition coefficient (Wildman–Crippen LogP) is 2.95. The van der Waals surface area contributed by atoms with Crippen molar-refractivity contribution in [1.82, 2.24) is 10.2 Å². The molecule has 6 heteroatoms. The number of hydrogen-bond donors (Lipinski definition) is 1. The number of rotatable bonds is 7. The topological polar surface area (TPSA) is 50.8 Å². The van der Waals surface area contributed by atoms with Crippen molar-refractivity contribution in [2.45, 2.75) is 13.0 Å². The maximum Gasteiger partial charge on any atom is 0.255 e. The minimum absolute atomic E-state index is 0.0983. The molecule has 1 saturated heterocycles. The highest BCUT2D eigenvalue weighted by Gasteiger charge is 2.24. The average Bonchev–Trinajstić information content (AvgIpc) is 3.18. The lowest BCUT2D eigenvalue weighted by Crippen LogP contribution is -2.43. The molecule has 0 saturated carbocycles.